The van der Waals surface area contributed by atoms with Crippen LogP contribution in [0.5, 0.6) is 5.75 Å². The highest BCUT2D eigenvalue weighted by atomic mass is 32.2. The predicted octanol–water partition coefficient (Wildman–Crippen LogP) is 1.24. The minimum atomic E-state index is -3.96. The summed E-state index contributed by atoms with van der Waals surface area (Å²) in [6, 6.07) is 3.59. The monoisotopic (exact) mass is 481 g/mol. The lowest BCUT2D eigenvalue weighted by Crippen LogP contribution is -2.51. The zero-order valence-electron chi connectivity index (χ0n) is 20.1. The van der Waals surface area contributed by atoms with Crippen molar-refractivity contribution in [3.8, 4) is 17.6 Å². The van der Waals surface area contributed by atoms with Crippen molar-refractivity contribution in [2.45, 2.75) is 63.8 Å². The third-order valence-corrected chi connectivity index (χ3v) is 7.32. The van der Waals surface area contributed by atoms with Gasteiger partial charge in [-0.05, 0) is 45.9 Å². The van der Waals surface area contributed by atoms with Crippen molar-refractivity contribution in [1.29, 1.82) is 0 Å². The molecule has 0 saturated heterocycles. The fourth-order valence-corrected chi connectivity index (χ4v) is 5.24. The van der Waals surface area contributed by atoms with E-state index in [0.717, 1.165) is 0 Å². The third-order valence-electron chi connectivity index (χ3n) is 5.31. The molecule has 9 nitrogen and oxygen atoms in total. The Balaban J connectivity index is 2.53. The van der Waals surface area contributed by atoms with Gasteiger partial charge in [-0.3, -0.25) is 0 Å². The molecule has 0 saturated carbocycles. The molecule has 33 heavy (non-hydrogen) atoms. The Morgan fingerprint density at radius 2 is 2.00 bits per heavy atom. The van der Waals surface area contributed by atoms with E-state index in [-0.39, 0.29) is 48.3 Å². The number of fused-ring (bicyclic) bond motifs is 1. The lowest BCUT2D eigenvalue weighted by Gasteiger charge is -2.37. The van der Waals surface area contributed by atoms with Crippen LogP contribution in [0.3, 0.4) is 0 Å². The van der Waals surface area contributed by atoms with Gasteiger partial charge in [0.05, 0.1) is 13.2 Å². The van der Waals surface area contributed by atoms with Crippen molar-refractivity contribution in [1.82, 2.24) is 14.5 Å². The molecule has 0 radical (unpaired) electrons. The van der Waals surface area contributed by atoms with Gasteiger partial charge in [0.15, 0.2) is 0 Å². The van der Waals surface area contributed by atoms with E-state index >= 15 is 0 Å². The summed E-state index contributed by atoms with van der Waals surface area (Å²) in [6.07, 6.45) is -1.35. The Morgan fingerprint density at radius 3 is 2.58 bits per heavy atom. The number of hydrogen-bond donors (Lipinski definition) is 3. The van der Waals surface area contributed by atoms with Crippen molar-refractivity contribution in [2.75, 3.05) is 26.7 Å². The number of ether oxygens (including phenoxy) is 1. The quantitative estimate of drug-likeness (QED) is 0.545. The number of sulfonamides is 1. The van der Waals surface area contributed by atoms with E-state index in [1.807, 2.05) is 20.8 Å². The normalized spacial score (nSPS) is 22.0. The summed E-state index contributed by atoms with van der Waals surface area (Å²) >= 11 is 0. The maximum atomic E-state index is 13.4. The topological polar surface area (TPSA) is 119 Å². The number of likely N-dealkylation sites (N-methyl/N-ethyl adjacent to an activating group) is 1. The van der Waals surface area contributed by atoms with Crippen LogP contribution in [0.25, 0.3) is 0 Å². The van der Waals surface area contributed by atoms with Crippen LogP contribution in [0.15, 0.2) is 23.1 Å². The molecule has 1 aromatic carbocycles. The number of urea groups is 1. The second-order valence-electron chi connectivity index (χ2n) is 8.83. The van der Waals surface area contributed by atoms with E-state index in [9.17, 15) is 23.4 Å². The van der Waals surface area contributed by atoms with E-state index in [1.165, 1.54) is 28.3 Å². The standard InChI is InChI=1S/C23H35N3O6S/c1-15(2)24-23(29)25(6)13-21-16(3)12-26(17(4)14-27)33(30,31)22-10-9-19(8-7-18(5)28)11-20(22)32-21/h9-11,15-18,21,27-28H,12-14H2,1-6H3,(H,24,29)/t16-,17+,18-,21-/m1/s1. The molecule has 0 spiro atoms. The van der Waals surface area contributed by atoms with Crippen molar-refractivity contribution < 1.29 is 28.2 Å². The van der Waals surface area contributed by atoms with Crippen LogP contribution in [-0.2, 0) is 10.0 Å². The van der Waals surface area contributed by atoms with Crippen molar-refractivity contribution in [3.63, 3.8) is 0 Å². The first kappa shape index (κ1) is 26.9. The lowest BCUT2D eigenvalue weighted by atomic mass is 10.0. The Labute approximate surface area is 196 Å². The van der Waals surface area contributed by atoms with Crippen LogP contribution in [0, 0.1) is 17.8 Å². The summed E-state index contributed by atoms with van der Waals surface area (Å²) in [5.41, 5.74) is 0.490. The first-order chi connectivity index (χ1) is 15.4. The van der Waals surface area contributed by atoms with Gasteiger partial charge in [0.1, 0.15) is 22.9 Å². The SMILES string of the molecule is CC(C)NC(=O)N(C)C[C@H]1Oc2cc(C#C[C@@H](C)O)ccc2S(=O)(=O)N([C@@H](C)CO)C[C@H]1C. The summed E-state index contributed by atoms with van der Waals surface area (Å²) in [6.45, 7) is 8.78. The van der Waals surface area contributed by atoms with E-state index in [2.05, 4.69) is 17.2 Å². The van der Waals surface area contributed by atoms with Gasteiger partial charge < -0.3 is 25.2 Å². The van der Waals surface area contributed by atoms with Crippen LogP contribution in [0.4, 0.5) is 4.79 Å². The zero-order chi connectivity index (χ0) is 24.9. The first-order valence-electron chi connectivity index (χ1n) is 11.0. The van der Waals surface area contributed by atoms with Crippen LogP contribution < -0.4 is 10.1 Å². The maximum Gasteiger partial charge on any atom is 0.317 e. The smallest absolute Gasteiger partial charge is 0.317 e. The second kappa shape index (κ2) is 11.2. The van der Waals surface area contributed by atoms with E-state index in [4.69, 9.17) is 4.74 Å². The minimum Gasteiger partial charge on any atom is -0.487 e. The lowest BCUT2D eigenvalue weighted by molar-refractivity contribution is 0.0809. The first-order valence-corrected chi connectivity index (χ1v) is 12.5. The third kappa shape index (κ3) is 6.84. The number of carbonyl (C=O) groups is 1. The molecule has 1 heterocycles. The predicted molar refractivity (Wildman–Crippen MR) is 125 cm³/mol. The maximum absolute atomic E-state index is 13.4. The molecule has 1 aromatic rings. The molecule has 0 aliphatic carbocycles. The highest BCUT2D eigenvalue weighted by Crippen LogP contribution is 2.34. The van der Waals surface area contributed by atoms with Gasteiger partial charge in [0.25, 0.3) is 0 Å². The number of amides is 2. The molecule has 1 aliphatic rings. The van der Waals surface area contributed by atoms with Gasteiger partial charge >= 0.3 is 6.03 Å². The van der Waals surface area contributed by atoms with Gasteiger partial charge in [-0.25, -0.2) is 13.2 Å². The van der Waals surface area contributed by atoms with Crippen molar-refractivity contribution >= 4 is 16.1 Å². The minimum absolute atomic E-state index is 0.0301. The van der Waals surface area contributed by atoms with Gasteiger partial charge in [-0.15, -0.1) is 0 Å². The molecule has 0 fully saturated rings. The molecule has 0 unspecified atom stereocenters. The van der Waals surface area contributed by atoms with Gasteiger partial charge in [-0.2, -0.15) is 4.31 Å². The van der Waals surface area contributed by atoms with Gasteiger partial charge in [-0.1, -0.05) is 18.8 Å². The summed E-state index contributed by atoms with van der Waals surface area (Å²) in [4.78, 5) is 13.9. The molecular formula is C23H35N3O6S. The average Bonchev–Trinajstić information content (AvgIpc) is 2.73. The van der Waals surface area contributed by atoms with Crippen LogP contribution >= 0.6 is 0 Å². The Kier molecular flexibility index (Phi) is 9.14. The molecule has 2 amide bonds. The second-order valence-corrected chi connectivity index (χ2v) is 10.7. The van der Waals surface area contributed by atoms with Crippen LogP contribution in [0.2, 0.25) is 0 Å². The molecule has 0 aromatic heterocycles. The average molecular weight is 482 g/mol. The van der Waals surface area contributed by atoms with Gasteiger partial charge in [0, 0.05) is 37.2 Å². The zero-order valence-corrected chi connectivity index (χ0v) is 20.9. The molecule has 184 valence electrons. The fraction of sp³-hybridized carbons (Fsp3) is 0.609. The highest BCUT2D eigenvalue weighted by Gasteiger charge is 2.38. The van der Waals surface area contributed by atoms with Crippen LogP contribution in [0.1, 0.15) is 40.2 Å². The Bertz CT molecular complexity index is 999. The van der Waals surface area contributed by atoms with E-state index in [1.54, 1.807) is 20.0 Å². The summed E-state index contributed by atoms with van der Waals surface area (Å²) in [5, 5.41) is 22.0. The highest BCUT2D eigenvalue weighted by molar-refractivity contribution is 7.89. The number of nitrogens with zero attached hydrogens (tertiary/aromatic N) is 2. The largest absolute Gasteiger partial charge is 0.487 e. The fourth-order valence-electron chi connectivity index (χ4n) is 3.42. The number of benzene rings is 1. The number of aliphatic hydroxyl groups excluding tert-OH is 2. The summed E-state index contributed by atoms with van der Waals surface area (Å²) in [7, 11) is -2.31. The molecule has 4 atom stereocenters. The number of rotatable bonds is 5. The van der Waals surface area contributed by atoms with E-state index < -0.39 is 28.3 Å². The number of aliphatic hydroxyl groups is 2. The number of hydrogen-bond acceptors (Lipinski definition) is 6. The summed E-state index contributed by atoms with van der Waals surface area (Å²) in [5.74, 6) is 5.27. The number of nitrogens with one attached hydrogen (secondary N) is 1. The molecule has 2 rings (SSSR count). The molecule has 1 aliphatic heterocycles. The van der Waals surface area contributed by atoms with Crippen molar-refractivity contribution in [2.24, 2.45) is 5.92 Å². The molecule has 0 bridgehead atoms. The summed E-state index contributed by atoms with van der Waals surface area (Å²) < 4.78 is 34.4. The van der Waals surface area contributed by atoms with E-state index in [0.29, 0.717) is 5.56 Å². The molecular weight excluding hydrogens is 446 g/mol. The Morgan fingerprint density at radius 1 is 1.33 bits per heavy atom. The molecule has 10 heteroatoms. The van der Waals surface area contributed by atoms with Gasteiger partial charge in [0.2, 0.25) is 10.0 Å². The van der Waals surface area contributed by atoms with Crippen LogP contribution in [-0.4, -0.2) is 84.9 Å². The van der Waals surface area contributed by atoms with Crippen molar-refractivity contribution in [3.05, 3.63) is 23.8 Å². The molecule has 3 N–H and O–H groups in total. The Hall–Kier alpha value is -2.32. The number of carbonyl (C=O) groups excluding carboxylic acids is 1.